The summed E-state index contributed by atoms with van der Waals surface area (Å²) in [4.78, 5) is 12.4. The first kappa shape index (κ1) is 18.3. The molecule has 0 aliphatic carbocycles. The minimum absolute atomic E-state index is 0.119. The van der Waals surface area contributed by atoms with E-state index in [0.717, 1.165) is 11.3 Å². The lowest BCUT2D eigenvalue weighted by Gasteiger charge is -2.11. The first-order valence-electron chi connectivity index (χ1n) is 8.39. The van der Waals surface area contributed by atoms with Gasteiger partial charge in [0.2, 0.25) is 5.91 Å². The molecule has 0 saturated heterocycles. The highest BCUT2D eigenvalue weighted by Crippen LogP contribution is 2.28. The largest absolute Gasteiger partial charge is 0.469 e. The first-order chi connectivity index (χ1) is 12.4. The monoisotopic (exact) mass is 371 g/mol. The Morgan fingerprint density at radius 2 is 1.85 bits per heavy atom. The summed E-state index contributed by atoms with van der Waals surface area (Å²) in [6, 6.07) is 9.65. The Balaban J connectivity index is 1.61. The SMILES string of the molecule is Cc1occc1-c1nnc(S[C@H](C)C(=O)Nc2ccc(C(C)C)cc2)o1. The number of nitrogens with one attached hydrogen (secondary N) is 1. The van der Waals surface area contributed by atoms with E-state index < -0.39 is 0 Å². The van der Waals surface area contributed by atoms with Crippen molar-refractivity contribution in [3.63, 3.8) is 0 Å². The Morgan fingerprint density at radius 3 is 2.46 bits per heavy atom. The molecule has 0 bridgehead atoms. The van der Waals surface area contributed by atoms with Crippen LogP contribution in [-0.2, 0) is 4.79 Å². The van der Waals surface area contributed by atoms with Crippen LogP contribution in [0, 0.1) is 6.92 Å². The fraction of sp³-hybridized carbons (Fsp3) is 0.316. The van der Waals surface area contributed by atoms with Crippen molar-refractivity contribution in [1.82, 2.24) is 10.2 Å². The van der Waals surface area contributed by atoms with Gasteiger partial charge in [0.15, 0.2) is 0 Å². The van der Waals surface area contributed by atoms with Crippen LogP contribution in [0.5, 0.6) is 0 Å². The van der Waals surface area contributed by atoms with Gasteiger partial charge in [-0.25, -0.2) is 0 Å². The third-order valence-electron chi connectivity index (χ3n) is 3.99. The van der Waals surface area contributed by atoms with Gasteiger partial charge in [0.05, 0.1) is 17.1 Å². The number of aryl methyl sites for hydroxylation is 1. The summed E-state index contributed by atoms with van der Waals surface area (Å²) in [6.07, 6.45) is 1.57. The topological polar surface area (TPSA) is 81.2 Å². The van der Waals surface area contributed by atoms with Crippen LogP contribution < -0.4 is 5.32 Å². The maximum absolute atomic E-state index is 12.4. The number of rotatable bonds is 6. The van der Waals surface area contributed by atoms with Crippen molar-refractivity contribution in [1.29, 1.82) is 0 Å². The van der Waals surface area contributed by atoms with E-state index in [1.54, 1.807) is 19.3 Å². The Kier molecular flexibility index (Phi) is 5.46. The molecule has 0 aliphatic rings. The fourth-order valence-corrected chi connectivity index (χ4v) is 3.06. The zero-order chi connectivity index (χ0) is 18.7. The number of carbonyl (C=O) groups excluding carboxylic acids is 1. The minimum Gasteiger partial charge on any atom is -0.469 e. The molecule has 0 fully saturated rings. The molecule has 1 aromatic carbocycles. The van der Waals surface area contributed by atoms with Crippen molar-refractivity contribution in [3.05, 3.63) is 47.9 Å². The molecule has 3 aromatic rings. The highest BCUT2D eigenvalue weighted by molar-refractivity contribution is 8.00. The Bertz CT molecular complexity index is 884. The zero-order valence-corrected chi connectivity index (χ0v) is 16.0. The van der Waals surface area contributed by atoms with E-state index in [4.69, 9.17) is 8.83 Å². The normalized spacial score (nSPS) is 12.3. The van der Waals surface area contributed by atoms with E-state index in [-0.39, 0.29) is 11.2 Å². The van der Waals surface area contributed by atoms with Crippen LogP contribution in [0.3, 0.4) is 0 Å². The van der Waals surface area contributed by atoms with E-state index in [1.807, 2.05) is 31.2 Å². The average Bonchev–Trinajstić information content (AvgIpc) is 3.23. The van der Waals surface area contributed by atoms with Crippen molar-refractivity contribution >= 4 is 23.4 Å². The predicted octanol–water partition coefficient (Wildman–Crippen LogP) is 4.88. The number of aromatic nitrogens is 2. The molecule has 136 valence electrons. The van der Waals surface area contributed by atoms with E-state index in [9.17, 15) is 4.79 Å². The van der Waals surface area contributed by atoms with Crippen molar-refractivity contribution in [2.75, 3.05) is 5.32 Å². The fourth-order valence-electron chi connectivity index (χ4n) is 2.37. The van der Waals surface area contributed by atoms with Gasteiger partial charge in [0.1, 0.15) is 5.76 Å². The molecule has 1 amide bonds. The summed E-state index contributed by atoms with van der Waals surface area (Å²) in [5, 5.41) is 10.9. The summed E-state index contributed by atoms with van der Waals surface area (Å²) in [5.41, 5.74) is 2.76. The van der Waals surface area contributed by atoms with Crippen LogP contribution in [0.1, 0.15) is 38.0 Å². The van der Waals surface area contributed by atoms with Gasteiger partial charge < -0.3 is 14.2 Å². The molecule has 0 aliphatic heterocycles. The molecular formula is C19H21N3O3S. The van der Waals surface area contributed by atoms with Gasteiger partial charge >= 0.3 is 0 Å². The number of amides is 1. The molecule has 0 radical (unpaired) electrons. The Labute approximate surface area is 156 Å². The second-order valence-corrected chi connectivity index (χ2v) is 7.58. The molecule has 2 aromatic heterocycles. The van der Waals surface area contributed by atoms with Crippen LogP contribution in [0.4, 0.5) is 5.69 Å². The summed E-state index contributed by atoms with van der Waals surface area (Å²) in [6.45, 7) is 7.90. The van der Waals surface area contributed by atoms with Crippen molar-refractivity contribution in [3.8, 4) is 11.5 Å². The van der Waals surface area contributed by atoms with Crippen LogP contribution in [0.2, 0.25) is 0 Å². The molecule has 2 heterocycles. The summed E-state index contributed by atoms with van der Waals surface area (Å²) in [7, 11) is 0. The number of nitrogens with zero attached hydrogens (tertiary/aromatic N) is 2. The van der Waals surface area contributed by atoms with Gasteiger partial charge in [-0.2, -0.15) is 0 Å². The van der Waals surface area contributed by atoms with Crippen molar-refractivity contribution in [2.24, 2.45) is 0 Å². The van der Waals surface area contributed by atoms with Gasteiger partial charge in [-0.15, -0.1) is 10.2 Å². The van der Waals surface area contributed by atoms with Crippen LogP contribution in [0.15, 0.2) is 50.7 Å². The highest BCUT2D eigenvalue weighted by Gasteiger charge is 2.20. The molecular weight excluding hydrogens is 350 g/mol. The summed E-state index contributed by atoms with van der Waals surface area (Å²) >= 11 is 1.22. The maximum atomic E-state index is 12.4. The standard InChI is InChI=1S/C19H21N3O3S/c1-11(2)14-5-7-15(8-6-14)20-17(23)13(4)26-19-22-21-18(25-19)16-9-10-24-12(16)3/h5-11,13H,1-4H3,(H,20,23)/t13-/m1/s1. The van der Waals surface area contributed by atoms with Gasteiger partial charge in [-0.3, -0.25) is 4.79 Å². The van der Waals surface area contributed by atoms with Gasteiger partial charge in [0.25, 0.3) is 11.1 Å². The molecule has 1 atom stereocenters. The lowest BCUT2D eigenvalue weighted by Crippen LogP contribution is -2.22. The number of hydrogen-bond acceptors (Lipinski definition) is 6. The quantitative estimate of drug-likeness (QED) is 0.622. The maximum Gasteiger partial charge on any atom is 0.277 e. The van der Waals surface area contributed by atoms with Gasteiger partial charge in [0, 0.05) is 5.69 Å². The number of furan rings is 1. The lowest BCUT2D eigenvalue weighted by molar-refractivity contribution is -0.115. The Morgan fingerprint density at radius 1 is 1.12 bits per heavy atom. The van der Waals surface area contributed by atoms with E-state index >= 15 is 0 Å². The second kappa shape index (κ2) is 7.78. The molecule has 1 N–H and O–H groups in total. The van der Waals surface area contributed by atoms with Crippen molar-refractivity contribution < 1.29 is 13.6 Å². The van der Waals surface area contributed by atoms with E-state index in [1.165, 1.54) is 17.3 Å². The molecule has 3 rings (SSSR count). The van der Waals surface area contributed by atoms with Crippen LogP contribution in [-0.4, -0.2) is 21.4 Å². The number of hydrogen-bond donors (Lipinski definition) is 1. The molecule has 0 unspecified atom stereocenters. The smallest absolute Gasteiger partial charge is 0.277 e. The molecule has 0 spiro atoms. The predicted molar refractivity (Wildman–Crippen MR) is 101 cm³/mol. The molecule has 0 saturated carbocycles. The lowest BCUT2D eigenvalue weighted by atomic mass is 10.0. The summed E-state index contributed by atoms with van der Waals surface area (Å²) in [5.74, 6) is 1.43. The highest BCUT2D eigenvalue weighted by atomic mass is 32.2. The minimum atomic E-state index is -0.376. The van der Waals surface area contributed by atoms with E-state index in [0.29, 0.717) is 22.8 Å². The molecule has 6 nitrogen and oxygen atoms in total. The third kappa shape index (κ3) is 4.16. The number of benzene rings is 1. The first-order valence-corrected chi connectivity index (χ1v) is 9.27. The Hall–Kier alpha value is -2.54. The third-order valence-corrected chi connectivity index (χ3v) is 4.92. The van der Waals surface area contributed by atoms with Crippen LogP contribution in [0.25, 0.3) is 11.5 Å². The number of carbonyl (C=O) groups is 1. The number of thioether (sulfide) groups is 1. The van der Waals surface area contributed by atoms with Crippen LogP contribution >= 0.6 is 11.8 Å². The van der Waals surface area contributed by atoms with Gasteiger partial charge in [-0.1, -0.05) is 37.7 Å². The van der Waals surface area contributed by atoms with Crippen molar-refractivity contribution in [2.45, 2.75) is 44.1 Å². The van der Waals surface area contributed by atoms with Gasteiger partial charge in [-0.05, 0) is 43.5 Å². The zero-order valence-electron chi connectivity index (χ0n) is 15.1. The number of anilines is 1. The second-order valence-electron chi connectivity index (χ2n) is 6.29. The molecule has 26 heavy (non-hydrogen) atoms. The average molecular weight is 371 g/mol. The summed E-state index contributed by atoms with van der Waals surface area (Å²) < 4.78 is 10.9. The molecule has 7 heteroatoms. The van der Waals surface area contributed by atoms with E-state index in [2.05, 4.69) is 29.4 Å².